The quantitative estimate of drug-likeness (QED) is 0.839. The molecule has 2 rings (SSSR count). The van der Waals surface area contributed by atoms with Crippen molar-refractivity contribution in [1.82, 2.24) is 5.32 Å². The molecule has 0 spiro atoms. The predicted molar refractivity (Wildman–Crippen MR) is 62.3 cm³/mol. The lowest BCUT2D eigenvalue weighted by Gasteiger charge is -2.23. The Labute approximate surface area is 96.0 Å². The molecular weight excluding hydrogens is 200 g/mol. The Morgan fingerprint density at radius 1 is 1.25 bits per heavy atom. The van der Waals surface area contributed by atoms with Crippen LogP contribution < -0.4 is 10.1 Å². The molecule has 16 heavy (non-hydrogen) atoms. The third-order valence-electron chi connectivity index (χ3n) is 2.80. The molecule has 3 heteroatoms. The van der Waals surface area contributed by atoms with E-state index in [2.05, 4.69) is 11.4 Å². The van der Waals surface area contributed by atoms with Gasteiger partial charge in [0.15, 0.2) is 0 Å². The Morgan fingerprint density at radius 3 is 2.56 bits per heavy atom. The highest BCUT2D eigenvalue weighted by atomic mass is 16.5. The number of benzene rings is 1. The van der Waals surface area contributed by atoms with Crippen molar-refractivity contribution in [2.24, 2.45) is 0 Å². The van der Waals surface area contributed by atoms with E-state index in [1.807, 2.05) is 24.3 Å². The second-order valence-electron chi connectivity index (χ2n) is 4.05. The minimum absolute atomic E-state index is 0.336. The summed E-state index contributed by atoms with van der Waals surface area (Å²) in [5.74, 6) is 0.911. The zero-order valence-electron chi connectivity index (χ0n) is 9.28. The molecule has 1 heterocycles. The highest BCUT2D eigenvalue weighted by Crippen LogP contribution is 2.17. The molecule has 1 N–H and O–H groups in total. The van der Waals surface area contributed by atoms with Crippen LogP contribution in [0.25, 0.3) is 0 Å². The molecule has 0 aliphatic carbocycles. The van der Waals surface area contributed by atoms with Crippen LogP contribution in [0.1, 0.15) is 18.4 Å². The lowest BCUT2D eigenvalue weighted by atomic mass is 10.1. The monoisotopic (exact) mass is 216 g/mol. The van der Waals surface area contributed by atoms with Gasteiger partial charge in [-0.05, 0) is 43.6 Å². The van der Waals surface area contributed by atoms with Crippen LogP contribution >= 0.6 is 0 Å². The van der Waals surface area contributed by atoms with Crippen LogP contribution in [-0.4, -0.2) is 19.2 Å². The van der Waals surface area contributed by atoms with Gasteiger partial charge in [-0.15, -0.1) is 0 Å². The van der Waals surface area contributed by atoms with Gasteiger partial charge >= 0.3 is 0 Å². The number of hydrogen-bond acceptors (Lipinski definition) is 3. The predicted octanol–water partition coefficient (Wildman–Crippen LogP) is 1.88. The van der Waals surface area contributed by atoms with E-state index in [0.29, 0.717) is 12.5 Å². The first kappa shape index (κ1) is 11.0. The van der Waals surface area contributed by atoms with Crippen LogP contribution in [-0.2, 0) is 6.42 Å². The number of ether oxygens (including phenoxy) is 1. The SMILES string of the molecule is N#CCc1ccc(OC2CCNCC2)cc1. The summed E-state index contributed by atoms with van der Waals surface area (Å²) >= 11 is 0. The second-order valence-corrected chi connectivity index (χ2v) is 4.05. The molecule has 0 amide bonds. The number of rotatable bonds is 3. The fraction of sp³-hybridized carbons (Fsp3) is 0.462. The molecule has 1 aliphatic heterocycles. The molecule has 0 radical (unpaired) electrons. The molecule has 84 valence electrons. The number of piperidine rings is 1. The van der Waals surface area contributed by atoms with Gasteiger partial charge in [0, 0.05) is 0 Å². The smallest absolute Gasteiger partial charge is 0.119 e. The maximum Gasteiger partial charge on any atom is 0.119 e. The maximum atomic E-state index is 8.56. The van der Waals surface area contributed by atoms with E-state index >= 15 is 0 Å². The summed E-state index contributed by atoms with van der Waals surface area (Å²) in [4.78, 5) is 0. The van der Waals surface area contributed by atoms with E-state index in [1.165, 1.54) is 0 Å². The normalized spacial score (nSPS) is 16.7. The molecule has 3 nitrogen and oxygen atoms in total. The van der Waals surface area contributed by atoms with Gasteiger partial charge in [-0.1, -0.05) is 12.1 Å². The average molecular weight is 216 g/mol. The molecule has 1 fully saturated rings. The Balaban J connectivity index is 1.91. The highest BCUT2D eigenvalue weighted by molar-refractivity contribution is 5.28. The van der Waals surface area contributed by atoms with Crippen molar-refractivity contribution in [3.05, 3.63) is 29.8 Å². The number of hydrogen-bond donors (Lipinski definition) is 1. The summed E-state index contributed by atoms with van der Waals surface area (Å²) in [5.41, 5.74) is 1.04. The zero-order valence-corrected chi connectivity index (χ0v) is 9.28. The lowest BCUT2D eigenvalue weighted by molar-refractivity contribution is 0.162. The third kappa shape index (κ3) is 2.98. The number of nitriles is 1. The van der Waals surface area contributed by atoms with Crippen molar-refractivity contribution in [1.29, 1.82) is 5.26 Å². The molecule has 0 unspecified atom stereocenters. The summed E-state index contributed by atoms with van der Waals surface area (Å²) < 4.78 is 5.87. The fourth-order valence-electron chi connectivity index (χ4n) is 1.88. The molecule has 0 saturated carbocycles. The van der Waals surface area contributed by atoms with Crippen molar-refractivity contribution < 1.29 is 4.74 Å². The van der Waals surface area contributed by atoms with Crippen LogP contribution in [0, 0.1) is 11.3 Å². The van der Waals surface area contributed by atoms with Gasteiger partial charge in [0.05, 0.1) is 12.5 Å². The van der Waals surface area contributed by atoms with Gasteiger partial charge in [0.1, 0.15) is 11.9 Å². The highest BCUT2D eigenvalue weighted by Gasteiger charge is 2.13. The Bertz CT molecular complexity index is 361. The van der Waals surface area contributed by atoms with Crippen LogP contribution in [0.4, 0.5) is 0 Å². The van der Waals surface area contributed by atoms with Gasteiger partial charge in [-0.3, -0.25) is 0 Å². The van der Waals surface area contributed by atoms with Crippen molar-refractivity contribution >= 4 is 0 Å². The van der Waals surface area contributed by atoms with E-state index in [4.69, 9.17) is 10.00 Å². The molecule has 1 aromatic carbocycles. The summed E-state index contributed by atoms with van der Waals surface area (Å²) in [6.45, 7) is 2.08. The van der Waals surface area contributed by atoms with Gasteiger partial charge in [0.2, 0.25) is 0 Å². The van der Waals surface area contributed by atoms with Crippen LogP contribution in [0.3, 0.4) is 0 Å². The minimum atomic E-state index is 0.336. The van der Waals surface area contributed by atoms with Gasteiger partial charge in [-0.2, -0.15) is 5.26 Å². The van der Waals surface area contributed by atoms with E-state index in [-0.39, 0.29) is 0 Å². The van der Waals surface area contributed by atoms with Crippen molar-refractivity contribution in [3.8, 4) is 11.8 Å². The molecule has 0 atom stereocenters. The molecule has 1 aromatic rings. The standard InChI is InChI=1S/C13H16N2O/c14-8-5-11-1-3-12(4-2-11)16-13-6-9-15-10-7-13/h1-4,13,15H,5-7,9-10H2. The minimum Gasteiger partial charge on any atom is -0.490 e. The van der Waals surface area contributed by atoms with Crippen LogP contribution in [0.15, 0.2) is 24.3 Å². The first-order chi connectivity index (χ1) is 7.88. The number of nitrogens with one attached hydrogen (secondary N) is 1. The molecular formula is C13H16N2O. The van der Waals surface area contributed by atoms with Crippen molar-refractivity contribution in [3.63, 3.8) is 0 Å². The van der Waals surface area contributed by atoms with E-state index in [0.717, 1.165) is 37.2 Å². The van der Waals surface area contributed by atoms with Crippen molar-refractivity contribution in [2.45, 2.75) is 25.4 Å². The first-order valence-electron chi connectivity index (χ1n) is 5.72. The van der Waals surface area contributed by atoms with E-state index < -0.39 is 0 Å². The average Bonchev–Trinajstić information content (AvgIpc) is 2.33. The Morgan fingerprint density at radius 2 is 1.94 bits per heavy atom. The molecule has 0 aromatic heterocycles. The van der Waals surface area contributed by atoms with Crippen molar-refractivity contribution in [2.75, 3.05) is 13.1 Å². The first-order valence-corrected chi connectivity index (χ1v) is 5.72. The third-order valence-corrected chi connectivity index (χ3v) is 2.80. The summed E-state index contributed by atoms with van der Waals surface area (Å²) in [7, 11) is 0. The summed E-state index contributed by atoms with van der Waals surface area (Å²) in [5, 5.41) is 11.9. The van der Waals surface area contributed by atoms with E-state index in [9.17, 15) is 0 Å². The lowest BCUT2D eigenvalue weighted by Crippen LogP contribution is -2.34. The zero-order chi connectivity index (χ0) is 11.2. The second kappa shape index (κ2) is 5.53. The Hall–Kier alpha value is -1.53. The summed E-state index contributed by atoms with van der Waals surface area (Å²) in [6.07, 6.45) is 2.94. The Kier molecular flexibility index (Phi) is 3.79. The van der Waals surface area contributed by atoms with Crippen LogP contribution in [0.5, 0.6) is 5.75 Å². The summed E-state index contributed by atoms with van der Waals surface area (Å²) in [6, 6.07) is 9.96. The largest absolute Gasteiger partial charge is 0.490 e. The molecule has 0 bridgehead atoms. The molecule has 1 saturated heterocycles. The fourth-order valence-corrected chi connectivity index (χ4v) is 1.88. The van der Waals surface area contributed by atoms with Gasteiger partial charge in [0.25, 0.3) is 0 Å². The maximum absolute atomic E-state index is 8.56. The topological polar surface area (TPSA) is 45.0 Å². The van der Waals surface area contributed by atoms with Crippen LogP contribution in [0.2, 0.25) is 0 Å². The van der Waals surface area contributed by atoms with E-state index in [1.54, 1.807) is 0 Å². The van der Waals surface area contributed by atoms with Gasteiger partial charge < -0.3 is 10.1 Å². The van der Waals surface area contributed by atoms with Gasteiger partial charge in [-0.25, -0.2) is 0 Å². The molecule has 1 aliphatic rings. The number of nitrogens with zero attached hydrogens (tertiary/aromatic N) is 1.